The molecular weight excluding hydrogens is 444 g/mol. The van der Waals surface area contributed by atoms with Crippen molar-refractivity contribution in [2.75, 3.05) is 65.4 Å². The van der Waals surface area contributed by atoms with Gasteiger partial charge in [-0.25, -0.2) is 4.98 Å². The van der Waals surface area contributed by atoms with Crippen LogP contribution < -0.4 is 20.1 Å². The molecule has 1 aliphatic heterocycles. The molecule has 0 unspecified atom stereocenters. The van der Waals surface area contributed by atoms with Crippen LogP contribution in [0.1, 0.15) is 13.8 Å². The van der Waals surface area contributed by atoms with E-state index in [2.05, 4.69) is 14.9 Å². The van der Waals surface area contributed by atoms with E-state index in [0.29, 0.717) is 30.4 Å². The van der Waals surface area contributed by atoms with Gasteiger partial charge in [0.25, 0.3) is 0 Å². The topological polar surface area (TPSA) is 120 Å². The van der Waals surface area contributed by atoms with Gasteiger partial charge in [-0.3, -0.25) is 0 Å². The highest BCUT2D eigenvalue weighted by molar-refractivity contribution is 5.73. The van der Waals surface area contributed by atoms with E-state index in [0.717, 1.165) is 11.3 Å². The molecule has 1 aliphatic rings. The Bertz CT molecular complexity index is 899. The van der Waals surface area contributed by atoms with E-state index >= 15 is 0 Å². The molecule has 11 heteroatoms. The van der Waals surface area contributed by atoms with Gasteiger partial charge in [-0.2, -0.15) is 4.98 Å². The normalized spacial score (nSPS) is 18.0. The van der Waals surface area contributed by atoms with E-state index in [9.17, 15) is 0 Å². The van der Waals surface area contributed by atoms with Crippen molar-refractivity contribution in [3.8, 4) is 22.9 Å². The number of nitrogens with zero attached hydrogens (tertiary/aromatic N) is 3. The maximum absolute atomic E-state index is 5.98. The highest BCUT2D eigenvalue weighted by atomic mass is 16.7. The average Bonchev–Trinajstić information content (AvgIpc) is 3.22. The van der Waals surface area contributed by atoms with Crippen molar-refractivity contribution in [1.82, 2.24) is 9.97 Å². The first-order valence-corrected chi connectivity index (χ1v) is 11.0. The number of ether oxygens (including phenoxy) is 7. The molecule has 1 saturated heterocycles. The summed E-state index contributed by atoms with van der Waals surface area (Å²) in [6.45, 7) is 5.52. The standard InChI is InChI=1S/C23H34N4O7/c1-15(2)34-22-9-18(25-23(24)26-22)17-8-16(6-7-19(17)31-12-28-3)27-10-20(32-13-29-4)21(11-27)33-14-30-5/h6-9,15,20-21H,10-14H2,1-5H3,(H2,24,25,26)/t20-,21-/m0/s1. The molecule has 2 N–H and O–H groups in total. The van der Waals surface area contributed by atoms with Gasteiger partial charge in [-0.1, -0.05) is 0 Å². The Labute approximate surface area is 200 Å². The summed E-state index contributed by atoms with van der Waals surface area (Å²) < 4.78 is 38.5. The summed E-state index contributed by atoms with van der Waals surface area (Å²) in [6, 6.07) is 7.57. The van der Waals surface area contributed by atoms with E-state index in [1.165, 1.54) is 0 Å². The lowest BCUT2D eigenvalue weighted by Gasteiger charge is -2.21. The minimum atomic E-state index is -0.177. The smallest absolute Gasteiger partial charge is 0.223 e. The van der Waals surface area contributed by atoms with Gasteiger partial charge >= 0.3 is 0 Å². The number of nitrogens with two attached hydrogens (primary N) is 1. The number of hydrogen-bond donors (Lipinski definition) is 1. The zero-order valence-corrected chi connectivity index (χ0v) is 20.4. The number of benzene rings is 1. The second kappa shape index (κ2) is 12.7. The molecule has 0 spiro atoms. The molecule has 34 heavy (non-hydrogen) atoms. The predicted octanol–water partition coefficient (Wildman–Crippen LogP) is 2.29. The molecule has 2 heterocycles. The third-order valence-corrected chi connectivity index (χ3v) is 5.03. The van der Waals surface area contributed by atoms with E-state index in [4.69, 9.17) is 38.9 Å². The number of nitrogen functional groups attached to an aromatic ring is 1. The highest BCUT2D eigenvalue weighted by Crippen LogP contribution is 2.36. The summed E-state index contributed by atoms with van der Waals surface area (Å²) in [5.41, 5.74) is 8.23. The molecule has 188 valence electrons. The molecule has 11 nitrogen and oxygen atoms in total. The Kier molecular flexibility index (Phi) is 9.66. The van der Waals surface area contributed by atoms with Crippen LogP contribution in [-0.4, -0.2) is 83.1 Å². The van der Waals surface area contributed by atoms with Crippen molar-refractivity contribution in [2.24, 2.45) is 0 Å². The van der Waals surface area contributed by atoms with Crippen molar-refractivity contribution in [1.29, 1.82) is 0 Å². The fraction of sp³-hybridized carbons (Fsp3) is 0.565. The lowest BCUT2D eigenvalue weighted by atomic mass is 10.1. The Morgan fingerprint density at radius 1 is 0.941 bits per heavy atom. The zero-order valence-electron chi connectivity index (χ0n) is 20.4. The molecule has 1 aromatic heterocycles. The van der Waals surface area contributed by atoms with Crippen molar-refractivity contribution in [3.63, 3.8) is 0 Å². The van der Waals surface area contributed by atoms with Crippen LogP contribution in [0.4, 0.5) is 11.6 Å². The monoisotopic (exact) mass is 478 g/mol. The largest absolute Gasteiger partial charge is 0.475 e. The molecule has 1 aromatic carbocycles. The van der Waals surface area contributed by atoms with Gasteiger partial charge in [0, 0.05) is 51.7 Å². The number of hydrogen-bond acceptors (Lipinski definition) is 11. The molecule has 0 amide bonds. The van der Waals surface area contributed by atoms with E-state index < -0.39 is 0 Å². The Hall–Kier alpha value is -2.70. The van der Waals surface area contributed by atoms with Gasteiger partial charge in [-0.15, -0.1) is 0 Å². The average molecular weight is 479 g/mol. The summed E-state index contributed by atoms with van der Waals surface area (Å²) >= 11 is 0. The molecule has 0 bridgehead atoms. The lowest BCUT2D eigenvalue weighted by Crippen LogP contribution is -2.31. The number of methoxy groups -OCH3 is 3. The van der Waals surface area contributed by atoms with Crippen LogP contribution >= 0.6 is 0 Å². The fourth-order valence-electron chi connectivity index (χ4n) is 3.63. The number of anilines is 2. The van der Waals surface area contributed by atoms with Crippen LogP contribution in [0.15, 0.2) is 24.3 Å². The highest BCUT2D eigenvalue weighted by Gasteiger charge is 2.35. The van der Waals surface area contributed by atoms with Gasteiger partial charge in [-0.05, 0) is 32.0 Å². The molecule has 1 fully saturated rings. The first-order valence-electron chi connectivity index (χ1n) is 11.0. The van der Waals surface area contributed by atoms with Gasteiger partial charge < -0.3 is 43.8 Å². The fourth-order valence-corrected chi connectivity index (χ4v) is 3.63. The molecular formula is C23H34N4O7. The van der Waals surface area contributed by atoms with Gasteiger partial charge in [0.05, 0.1) is 11.8 Å². The van der Waals surface area contributed by atoms with E-state index in [1.54, 1.807) is 27.4 Å². The second-order valence-corrected chi connectivity index (χ2v) is 7.98. The van der Waals surface area contributed by atoms with E-state index in [-0.39, 0.29) is 44.6 Å². The summed E-state index contributed by atoms with van der Waals surface area (Å²) in [6.07, 6.45) is -0.414. The van der Waals surface area contributed by atoms with Crippen molar-refractivity contribution in [2.45, 2.75) is 32.2 Å². The van der Waals surface area contributed by atoms with Gasteiger partial charge in [0.2, 0.25) is 11.8 Å². The van der Waals surface area contributed by atoms with Crippen LogP contribution in [-0.2, 0) is 23.7 Å². The van der Waals surface area contributed by atoms with Crippen molar-refractivity contribution in [3.05, 3.63) is 24.3 Å². The summed E-state index contributed by atoms with van der Waals surface area (Å²) in [5.74, 6) is 1.10. The van der Waals surface area contributed by atoms with Crippen molar-refractivity contribution >= 4 is 11.6 Å². The summed E-state index contributed by atoms with van der Waals surface area (Å²) in [5, 5.41) is 0. The Morgan fingerprint density at radius 2 is 1.59 bits per heavy atom. The Balaban J connectivity index is 1.93. The van der Waals surface area contributed by atoms with Gasteiger partial charge in [0.1, 0.15) is 31.5 Å². The molecule has 3 rings (SSSR count). The minimum Gasteiger partial charge on any atom is -0.475 e. The Morgan fingerprint density at radius 3 is 2.18 bits per heavy atom. The molecule has 0 radical (unpaired) electrons. The first kappa shape index (κ1) is 25.9. The lowest BCUT2D eigenvalue weighted by molar-refractivity contribution is -0.139. The second-order valence-electron chi connectivity index (χ2n) is 7.98. The van der Waals surface area contributed by atoms with Crippen LogP contribution in [0.25, 0.3) is 11.3 Å². The van der Waals surface area contributed by atoms with Crippen LogP contribution in [0, 0.1) is 0 Å². The molecule has 2 atom stereocenters. The van der Waals surface area contributed by atoms with Crippen LogP contribution in [0.5, 0.6) is 11.6 Å². The summed E-state index contributed by atoms with van der Waals surface area (Å²) in [7, 11) is 4.75. The summed E-state index contributed by atoms with van der Waals surface area (Å²) in [4.78, 5) is 10.8. The first-order chi connectivity index (χ1) is 16.4. The van der Waals surface area contributed by atoms with Gasteiger partial charge in [0.15, 0.2) is 6.79 Å². The maximum atomic E-state index is 5.98. The minimum absolute atomic E-state index is 0.0598. The number of aromatic nitrogens is 2. The molecule has 2 aromatic rings. The van der Waals surface area contributed by atoms with Crippen LogP contribution in [0.3, 0.4) is 0 Å². The molecule has 0 aliphatic carbocycles. The molecule has 0 saturated carbocycles. The maximum Gasteiger partial charge on any atom is 0.223 e. The zero-order chi connectivity index (χ0) is 24.5. The van der Waals surface area contributed by atoms with E-state index in [1.807, 2.05) is 32.0 Å². The SMILES string of the molecule is COCOc1ccc(N2C[C@H](OCOC)[C@@H](OCOC)C2)cc1-c1cc(OC(C)C)nc(N)n1. The number of rotatable bonds is 13. The predicted molar refractivity (Wildman–Crippen MR) is 126 cm³/mol. The van der Waals surface area contributed by atoms with Crippen molar-refractivity contribution < 1.29 is 33.2 Å². The third-order valence-electron chi connectivity index (χ3n) is 5.03. The van der Waals surface area contributed by atoms with Crippen LogP contribution in [0.2, 0.25) is 0 Å². The third kappa shape index (κ3) is 6.90. The quantitative estimate of drug-likeness (QED) is 0.427.